The van der Waals surface area contributed by atoms with Gasteiger partial charge >= 0.3 is 0 Å². The Kier molecular flexibility index (Phi) is 4.02. The molecule has 0 aromatic rings. The molecule has 0 radical (unpaired) electrons. The van der Waals surface area contributed by atoms with E-state index >= 15 is 0 Å². The van der Waals surface area contributed by atoms with Crippen LogP contribution < -0.4 is 0 Å². The van der Waals surface area contributed by atoms with Crippen LogP contribution in [0, 0.1) is 0 Å². The molecule has 0 aromatic heterocycles. The average molecular weight is 171 g/mol. The van der Waals surface area contributed by atoms with E-state index in [1.165, 1.54) is 25.7 Å². The molecule has 12 heavy (non-hydrogen) atoms. The van der Waals surface area contributed by atoms with E-state index in [1.807, 2.05) is 0 Å². The summed E-state index contributed by atoms with van der Waals surface area (Å²) in [6.45, 7) is 2.95. The smallest absolute Gasteiger partial charge is 0.0576 e. The van der Waals surface area contributed by atoms with Crippen molar-refractivity contribution >= 4 is 0 Å². The first kappa shape index (κ1) is 10.0. The summed E-state index contributed by atoms with van der Waals surface area (Å²) in [6, 6.07) is 0.793. The molecule has 0 bridgehead atoms. The van der Waals surface area contributed by atoms with Gasteiger partial charge in [-0.2, -0.15) is 0 Å². The van der Waals surface area contributed by atoms with Crippen LogP contribution in [0.15, 0.2) is 0 Å². The number of hydrogen-bond donors (Lipinski definition) is 0. The third kappa shape index (κ3) is 2.76. The molecule has 0 aromatic carbocycles. The predicted octanol–water partition coefficient (Wildman–Crippen LogP) is 1.90. The van der Waals surface area contributed by atoms with E-state index < -0.39 is 0 Å². The highest BCUT2D eigenvalue weighted by Crippen LogP contribution is 2.23. The van der Waals surface area contributed by atoms with Gasteiger partial charge in [-0.1, -0.05) is 0 Å². The SMILES string of the molecule is CCOC1CCC(N(C)C)CC1. The molecule has 1 fully saturated rings. The minimum absolute atomic E-state index is 0.547. The zero-order valence-electron chi connectivity index (χ0n) is 8.55. The summed E-state index contributed by atoms with van der Waals surface area (Å²) < 4.78 is 5.59. The Morgan fingerprint density at radius 2 is 1.75 bits per heavy atom. The van der Waals surface area contributed by atoms with Gasteiger partial charge in [0.1, 0.15) is 0 Å². The van der Waals surface area contributed by atoms with Crippen molar-refractivity contribution in [3.63, 3.8) is 0 Å². The van der Waals surface area contributed by atoms with Gasteiger partial charge in [-0.3, -0.25) is 0 Å². The average Bonchev–Trinajstić information content (AvgIpc) is 2.06. The van der Waals surface area contributed by atoms with Gasteiger partial charge in [0, 0.05) is 12.6 Å². The maximum absolute atomic E-state index is 5.59. The van der Waals surface area contributed by atoms with Crippen LogP contribution in [-0.4, -0.2) is 37.7 Å². The van der Waals surface area contributed by atoms with Crippen molar-refractivity contribution in [2.24, 2.45) is 0 Å². The second-order valence-corrected chi connectivity index (χ2v) is 3.85. The van der Waals surface area contributed by atoms with Gasteiger partial charge in [0.25, 0.3) is 0 Å². The molecule has 2 heteroatoms. The largest absolute Gasteiger partial charge is 0.379 e. The summed E-state index contributed by atoms with van der Waals surface area (Å²) in [4.78, 5) is 2.34. The molecule has 0 N–H and O–H groups in total. The van der Waals surface area contributed by atoms with Crippen LogP contribution in [0.2, 0.25) is 0 Å². The number of nitrogens with zero attached hydrogens (tertiary/aromatic N) is 1. The van der Waals surface area contributed by atoms with Gasteiger partial charge in [-0.25, -0.2) is 0 Å². The van der Waals surface area contributed by atoms with E-state index in [2.05, 4.69) is 25.9 Å². The molecule has 0 saturated heterocycles. The molecule has 72 valence electrons. The van der Waals surface area contributed by atoms with Gasteiger partial charge in [0.2, 0.25) is 0 Å². The Balaban J connectivity index is 2.20. The zero-order valence-corrected chi connectivity index (χ0v) is 8.55. The Morgan fingerprint density at radius 1 is 1.17 bits per heavy atom. The van der Waals surface area contributed by atoms with E-state index in [-0.39, 0.29) is 0 Å². The normalized spacial score (nSPS) is 31.0. The van der Waals surface area contributed by atoms with Gasteiger partial charge in [-0.05, 0) is 46.7 Å². The first-order valence-corrected chi connectivity index (χ1v) is 5.02. The van der Waals surface area contributed by atoms with Crippen LogP contribution in [0.5, 0.6) is 0 Å². The van der Waals surface area contributed by atoms with Gasteiger partial charge in [0.05, 0.1) is 6.10 Å². The van der Waals surface area contributed by atoms with Crippen molar-refractivity contribution in [3.8, 4) is 0 Å². The summed E-state index contributed by atoms with van der Waals surface area (Å²) >= 11 is 0. The van der Waals surface area contributed by atoms with Crippen LogP contribution in [0.1, 0.15) is 32.6 Å². The standard InChI is InChI=1S/C10H21NO/c1-4-12-10-7-5-9(6-8-10)11(2)3/h9-10H,4-8H2,1-3H3. The number of rotatable bonds is 3. The fourth-order valence-electron chi connectivity index (χ4n) is 1.96. The lowest BCUT2D eigenvalue weighted by Crippen LogP contribution is -2.34. The van der Waals surface area contributed by atoms with Crippen LogP contribution in [0.4, 0.5) is 0 Å². The van der Waals surface area contributed by atoms with E-state index in [9.17, 15) is 0 Å². The van der Waals surface area contributed by atoms with Crippen molar-refractivity contribution in [2.75, 3.05) is 20.7 Å². The molecule has 0 heterocycles. The fraction of sp³-hybridized carbons (Fsp3) is 1.00. The summed E-state index contributed by atoms with van der Waals surface area (Å²) in [5, 5.41) is 0. The second kappa shape index (κ2) is 4.83. The summed E-state index contributed by atoms with van der Waals surface area (Å²) in [6.07, 6.45) is 5.65. The lowest BCUT2D eigenvalue weighted by Gasteiger charge is -2.32. The molecule has 1 aliphatic rings. The van der Waals surface area contributed by atoms with Crippen molar-refractivity contribution in [1.29, 1.82) is 0 Å². The van der Waals surface area contributed by atoms with Gasteiger partial charge < -0.3 is 9.64 Å². The summed E-state index contributed by atoms with van der Waals surface area (Å²) in [7, 11) is 4.34. The molecule has 1 aliphatic carbocycles. The minimum atomic E-state index is 0.547. The molecule has 1 rings (SSSR count). The first-order chi connectivity index (χ1) is 5.74. The third-order valence-corrected chi connectivity index (χ3v) is 2.78. The molecule has 0 atom stereocenters. The Labute approximate surface area is 75.9 Å². The summed E-state index contributed by atoms with van der Waals surface area (Å²) in [5.74, 6) is 0. The van der Waals surface area contributed by atoms with Crippen molar-refractivity contribution in [2.45, 2.75) is 44.8 Å². The first-order valence-electron chi connectivity index (χ1n) is 5.02. The van der Waals surface area contributed by atoms with Gasteiger partial charge in [-0.15, -0.1) is 0 Å². The molecular formula is C10H21NO. The highest BCUT2D eigenvalue weighted by atomic mass is 16.5. The number of ether oxygens (including phenoxy) is 1. The van der Waals surface area contributed by atoms with E-state index in [0.29, 0.717) is 6.10 Å². The van der Waals surface area contributed by atoms with E-state index in [4.69, 9.17) is 4.74 Å². The second-order valence-electron chi connectivity index (χ2n) is 3.85. The van der Waals surface area contributed by atoms with Crippen LogP contribution in [0.25, 0.3) is 0 Å². The Hall–Kier alpha value is -0.0800. The van der Waals surface area contributed by atoms with Crippen molar-refractivity contribution in [3.05, 3.63) is 0 Å². The molecule has 0 amide bonds. The van der Waals surface area contributed by atoms with Gasteiger partial charge in [0.15, 0.2) is 0 Å². The number of hydrogen-bond acceptors (Lipinski definition) is 2. The maximum atomic E-state index is 5.59. The molecule has 1 saturated carbocycles. The van der Waals surface area contributed by atoms with Crippen molar-refractivity contribution in [1.82, 2.24) is 4.90 Å². The topological polar surface area (TPSA) is 12.5 Å². The highest BCUT2D eigenvalue weighted by molar-refractivity contribution is 4.76. The van der Waals surface area contributed by atoms with E-state index in [0.717, 1.165) is 12.6 Å². The molecule has 0 aliphatic heterocycles. The quantitative estimate of drug-likeness (QED) is 0.643. The Morgan fingerprint density at radius 3 is 2.17 bits per heavy atom. The zero-order chi connectivity index (χ0) is 8.97. The monoisotopic (exact) mass is 171 g/mol. The van der Waals surface area contributed by atoms with E-state index in [1.54, 1.807) is 0 Å². The van der Waals surface area contributed by atoms with Crippen LogP contribution in [0.3, 0.4) is 0 Å². The molecule has 2 nitrogen and oxygen atoms in total. The lowest BCUT2D eigenvalue weighted by atomic mass is 9.92. The third-order valence-electron chi connectivity index (χ3n) is 2.78. The summed E-state index contributed by atoms with van der Waals surface area (Å²) in [5.41, 5.74) is 0. The highest BCUT2D eigenvalue weighted by Gasteiger charge is 2.21. The fourth-order valence-corrected chi connectivity index (χ4v) is 1.96. The lowest BCUT2D eigenvalue weighted by molar-refractivity contribution is 0.0203. The predicted molar refractivity (Wildman–Crippen MR) is 51.4 cm³/mol. The molecular weight excluding hydrogens is 150 g/mol. The van der Waals surface area contributed by atoms with Crippen LogP contribution >= 0.6 is 0 Å². The van der Waals surface area contributed by atoms with Crippen LogP contribution in [-0.2, 0) is 4.74 Å². The minimum Gasteiger partial charge on any atom is -0.379 e. The Bertz CT molecular complexity index is 117. The van der Waals surface area contributed by atoms with Crippen molar-refractivity contribution < 1.29 is 4.74 Å². The molecule has 0 unspecified atom stereocenters. The molecule has 0 spiro atoms. The maximum Gasteiger partial charge on any atom is 0.0576 e.